The molecule has 0 bridgehead atoms. The van der Waals surface area contributed by atoms with Crippen LogP contribution in [0.5, 0.6) is 0 Å². The fourth-order valence-electron chi connectivity index (χ4n) is 2.37. The van der Waals surface area contributed by atoms with E-state index < -0.39 is 15.9 Å². The first kappa shape index (κ1) is 15.4. The molecule has 1 heterocycles. The Kier molecular flexibility index (Phi) is 5.12. The van der Waals surface area contributed by atoms with E-state index in [0.717, 1.165) is 6.54 Å². The molecule has 1 atom stereocenters. The van der Waals surface area contributed by atoms with Crippen LogP contribution in [0.4, 0.5) is 4.39 Å². The van der Waals surface area contributed by atoms with E-state index >= 15 is 0 Å². The molecule has 1 aliphatic heterocycles. The number of rotatable bonds is 4. The summed E-state index contributed by atoms with van der Waals surface area (Å²) in [6.07, 6.45) is 0.524. The molecule has 0 spiro atoms. The minimum Gasteiger partial charge on any atom is -0.388 e. The van der Waals surface area contributed by atoms with E-state index in [2.05, 4.69) is 4.90 Å². The quantitative estimate of drug-likeness (QED) is 0.912. The molecule has 0 radical (unpaired) electrons. The second kappa shape index (κ2) is 6.65. The van der Waals surface area contributed by atoms with Crippen molar-refractivity contribution in [3.8, 4) is 0 Å². The third kappa shape index (κ3) is 4.54. The summed E-state index contributed by atoms with van der Waals surface area (Å²) in [6, 6.07) is 5.81. The molecule has 0 aliphatic carbocycles. The predicted octanol–water partition coefficient (Wildman–Crippen LogP) is 1.37. The maximum Gasteiger partial charge on any atom is 0.151 e. The Morgan fingerprint density at radius 3 is 2.60 bits per heavy atom. The van der Waals surface area contributed by atoms with Gasteiger partial charge in [0.05, 0.1) is 17.6 Å². The fourth-order valence-corrected chi connectivity index (χ4v) is 3.68. The Hall–Kier alpha value is -0.980. The van der Waals surface area contributed by atoms with Gasteiger partial charge < -0.3 is 10.0 Å². The van der Waals surface area contributed by atoms with Gasteiger partial charge in [-0.25, -0.2) is 12.8 Å². The molecule has 2 rings (SSSR count). The highest BCUT2D eigenvalue weighted by atomic mass is 32.2. The summed E-state index contributed by atoms with van der Waals surface area (Å²) in [5, 5.41) is 10.0. The Bertz CT molecular complexity index is 530. The molecule has 1 saturated heterocycles. The lowest BCUT2D eigenvalue weighted by Crippen LogP contribution is -2.29. The highest BCUT2D eigenvalue weighted by Crippen LogP contribution is 2.18. The number of aliphatic hydroxyl groups is 1. The van der Waals surface area contributed by atoms with Crippen molar-refractivity contribution in [2.24, 2.45) is 0 Å². The van der Waals surface area contributed by atoms with E-state index in [1.54, 1.807) is 12.1 Å². The molecule has 0 aromatic heterocycles. The Morgan fingerprint density at radius 1 is 1.20 bits per heavy atom. The van der Waals surface area contributed by atoms with Crippen LogP contribution < -0.4 is 0 Å². The molecule has 1 aromatic carbocycles. The average Bonchev–Trinajstić information content (AvgIpc) is 2.58. The first-order valence-corrected chi connectivity index (χ1v) is 8.65. The van der Waals surface area contributed by atoms with E-state index in [1.165, 1.54) is 12.1 Å². The first-order valence-electron chi connectivity index (χ1n) is 6.82. The summed E-state index contributed by atoms with van der Waals surface area (Å²) in [5.74, 6) is 0.127. The Morgan fingerprint density at radius 2 is 1.90 bits per heavy atom. The first-order chi connectivity index (χ1) is 9.46. The summed E-state index contributed by atoms with van der Waals surface area (Å²) < 4.78 is 35.8. The van der Waals surface area contributed by atoms with Gasteiger partial charge in [0, 0.05) is 13.1 Å². The number of nitrogens with zero attached hydrogens (tertiary/aromatic N) is 1. The number of sulfone groups is 1. The van der Waals surface area contributed by atoms with Crippen molar-refractivity contribution < 1.29 is 17.9 Å². The maximum atomic E-state index is 12.8. The molecule has 0 saturated carbocycles. The van der Waals surface area contributed by atoms with Crippen LogP contribution in [0.1, 0.15) is 24.5 Å². The lowest BCUT2D eigenvalue weighted by molar-refractivity contribution is 0.144. The van der Waals surface area contributed by atoms with Crippen LogP contribution in [0.3, 0.4) is 0 Å². The number of aliphatic hydroxyl groups excluding tert-OH is 1. The van der Waals surface area contributed by atoms with E-state index in [4.69, 9.17) is 0 Å². The van der Waals surface area contributed by atoms with Crippen molar-refractivity contribution in [2.45, 2.75) is 18.9 Å². The van der Waals surface area contributed by atoms with Gasteiger partial charge in [-0.05, 0) is 37.1 Å². The topological polar surface area (TPSA) is 57.6 Å². The zero-order valence-electron chi connectivity index (χ0n) is 11.3. The van der Waals surface area contributed by atoms with E-state index in [-0.39, 0.29) is 17.3 Å². The van der Waals surface area contributed by atoms with Crippen molar-refractivity contribution in [3.63, 3.8) is 0 Å². The highest BCUT2D eigenvalue weighted by Gasteiger charge is 2.19. The van der Waals surface area contributed by atoms with Crippen LogP contribution >= 0.6 is 0 Å². The SMILES string of the molecule is O=S1(=O)CCCN(CCC(O)c2ccc(F)cc2)CC1. The van der Waals surface area contributed by atoms with Crippen molar-refractivity contribution in [1.82, 2.24) is 4.90 Å². The summed E-state index contributed by atoms with van der Waals surface area (Å²) in [7, 11) is -2.89. The van der Waals surface area contributed by atoms with Gasteiger partial charge in [-0.15, -0.1) is 0 Å². The lowest BCUT2D eigenvalue weighted by Gasteiger charge is -2.21. The van der Waals surface area contributed by atoms with Gasteiger partial charge in [-0.1, -0.05) is 12.1 Å². The number of hydrogen-bond acceptors (Lipinski definition) is 4. The van der Waals surface area contributed by atoms with Crippen molar-refractivity contribution in [3.05, 3.63) is 35.6 Å². The van der Waals surface area contributed by atoms with Gasteiger partial charge in [0.25, 0.3) is 0 Å². The summed E-state index contributed by atoms with van der Waals surface area (Å²) in [5.41, 5.74) is 0.689. The maximum absolute atomic E-state index is 12.8. The Balaban J connectivity index is 1.84. The largest absolute Gasteiger partial charge is 0.388 e. The summed E-state index contributed by atoms with van der Waals surface area (Å²) in [6.45, 7) is 1.92. The smallest absolute Gasteiger partial charge is 0.151 e. The monoisotopic (exact) mass is 301 g/mol. The molecule has 6 heteroatoms. The number of benzene rings is 1. The predicted molar refractivity (Wildman–Crippen MR) is 75.7 cm³/mol. The normalized spacial score (nSPS) is 21.3. The van der Waals surface area contributed by atoms with E-state index in [0.29, 0.717) is 31.5 Å². The molecule has 20 heavy (non-hydrogen) atoms. The molecular formula is C14H20FNO3S. The number of halogens is 1. The van der Waals surface area contributed by atoms with E-state index in [1.807, 2.05) is 0 Å². The fraction of sp³-hybridized carbons (Fsp3) is 0.571. The zero-order chi connectivity index (χ0) is 14.6. The molecule has 1 aliphatic rings. The van der Waals surface area contributed by atoms with Crippen molar-refractivity contribution in [2.75, 3.05) is 31.1 Å². The van der Waals surface area contributed by atoms with Crippen LogP contribution in [0.15, 0.2) is 24.3 Å². The molecule has 0 amide bonds. The second-order valence-electron chi connectivity index (χ2n) is 5.20. The zero-order valence-corrected chi connectivity index (χ0v) is 12.2. The highest BCUT2D eigenvalue weighted by molar-refractivity contribution is 7.91. The van der Waals surface area contributed by atoms with Crippen molar-refractivity contribution >= 4 is 9.84 Å². The molecule has 1 fully saturated rings. The molecule has 4 nitrogen and oxygen atoms in total. The third-order valence-corrected chi connectivity index (χ3v) is 5.34. The van der Waals surface area contributed by atoms with Crippen LogP contribution in [-0.4, -0.2) is 49.6 Å². The van der Waals surface area contributed by atoms with Gasteiger partial charge in [0.2, 0.25) is 0 Å². The Labute approximate surface area is 119 Å². The van der Waals surface area contributed by atoms with Gasteiger partial charge in [0.1, 0.15) is 5.82 Å². The van der Waals surface area contributed by atoms with Gasteiger partial charge >= 0.3 is 0 Å². The molecular weight excluding hydrogens is 281 g/mol. The van der Waals surface area contributed by atoms with Gasteiger partial charge in [0.15, 0.2) is 9.84 Å². The van der Waals surface area contributed by atoms with Crippen LogP contribution in [-0.2, 0) is 9.84 Å². The van der Waals surface area contributed by atoms with Crippen LogP contribution in [0.2, 0.25) is 0 Å². The second-order valence-corrected chi connectivity index (χ2v) is 7.51. The summed E-state index contributed by atoms with van der Waals surface area (Å²) >= 11 is 0. The van der Waals surface area contributed by atoms with Crippen LogP contribution in [0, 0.1) is 5.82 Å². The summed E-state index contributed by atoms with van der Waals surface area (Å²) in [4.78, 5) is 2.07. The average molecular weight is 301 g/mol. The van der Waals surface area contributed by atoms with Gasteiger partial charge in [-0.3, -0.25) is 0 Å². The third-order valence-electron chi connectivity index (χ3n) is 3.62. The van der Waals surface area contributed by atoms with Crippen LogP contribution in [0.25, 0.3) is 0 Å². The van der Waals surface area contributed by atoms with E-state index in [9.17, 15) is 17.9 Å². The molecule has 1 N–H and O–H groups in total. The number of hydrogen-bond donors (Lipinski definition) is 1. The standard InChI is InChI=1S/C14H20FNO3S/c15-13-4-2-12(3-5-13)14(17)6-8-16-7-1-10-20(18,19)11-9-16/h2-5,14,17H,1,6-11H2. The minimum absolute atomic E-state index is 0.194. The molecule has 1 aromatic rings. The molecule has 1 unspecified atom stereocenters. The van der Waals surface area contributed by atoms with Gasteiger partial charge in [-0.2, -0.15) is 0 Å². The van der Waals surface area contributed by atoms with Crippen molar-refractivity contribution in [1.29, 1.82) is 0 Å². The minimum atomic E-state index is -2.89. The molecule has 112 valence electrons. The lowest BCUT2D eigenvalue weighted by atomic mass is 10.1.